The van der Waals surface area contributed by atoms with Crippen molar-refractivity contribution in [1.82, 2.24) is 5.32 Å². The molecule has 1 fully saturated rings. The van der Waals surface area contributed by atoms with E-state index in [0.717, 1.165) is 5.56 Å². The van der Waals surface area contributed by atoms with Crippen LogP contribution in [0.5, 0.6) is 0 Å². The van der Waals surface area contributed by atoms with E-state index in [9.17, 15) is 9.59 Å². The molecule has 4 nitrogen and oxygen atoms in total. The van der Waals surface area contributed by atoms with E-state index in [0.29, 0.717) is 18.1 Å². The number of ether oxygens (including phenoxy) is 1. The molecule has 1 heterocycles. The summed E-state index contributed by atoms with van der Waals surface area (Å²) in [6, 6.07) is 6.54. The van der Waals surface area contributed by atoms with Crippen LogP contribution in [0.2, 0.25) is 5.02 Å². The number of benzene rings is 1. The SMILES string of the molecule is CC.O=C(Cc1ccc(Cl)cc1)NC1CCOC1=O. The molecule has 1 amide bonds. The smallest absolute Gasteiger partial charge is 0.328 e. The molecule has 1 atom stereocenters. The third-order valence-corrected chi connectivity index (χ3v) is 2.80. The Kier molecular flexibility index (Phi) is 6.36. The number of rotatable bonds is 3. The minimum absolute atomic E-state index is 0.184. The number of esters is 1. The Hall–Kier alpha value is -1.55. The summed E-state index contributed by atoms with van der Waals surface area (Å²) in [6.45, 7) is 4.38. The average Bonchev–Trinajstić information content (AvgIpc) is 2.80. The molecule has 0 saturated carbocycles. The topological polar surface area (TPSA) is 55.4 Å². The normalized spacial score (nSPS) is 17.2. The third kappa shape index (κ3) is 4.91. The van der Waals surface area contributed by atoms with Crippen molar-refractivity contribution in [3.63, 3.8) is 0 Å². The van der Waals surface area contributed by atoms with E-state index < -0.39 is 6.04 Å². The average molecular weight is 284 g/mol. The predicted octanol–water partition coefficient (Wildman–Crippen LogP) is 2.34. The summed E-state index contributed by atoms with van der Waals surface area (Å²) in [4.78, 5) is 22.8. The van der Waals surface area contributed by atoms with Crippen molar-refractivity contribution in [3.8, 4) is 0 Å². The first-order chi connectivity index (χ1) is 9.15. The summed E-state index contributed by atoms with van der Waals surface area (Å²) in [6.07, 6.45) is 0.784. The predicted molar refractivity (Wildman–Crippen MR) is 74.0 cm³/mol. The Balaban J connectivity index is 0.000000861. The van der Waals surface area contributed by atoms with Crippen molar-refractivity contribution in [1.29, 1.82) is 0 Å². The first kappa shape index (κ1) is 15.5. The van der Waals surface area contributed by atoms with Crippen LogP contribution in [0.4, 0.5) is 0 Å². The largest absolute Gasteiger partial charge is 0.464 e. The molecule has 1 aliphatic rings. The molecular weight excluding hydrogens is 266 g/mol. The van der Waals surface area contributed by atoms with Gasteiger partial charge in [0.05, 0.1) is 13.0 Å². The van der Waals surface area contributed by atoms with Gasteiger partial charge in [0.2, 0.25) is 5.91 Å². The highest BCUT2D eigenvalue weighted by Gasteiger charge is 2.27. The molecule has 0 spiro atoms. The maximum atomic E-state index is 11.6. The van der Waals surface area contributed by atoms with Crippen molar-refractivity contribution >= 4 is 23.5 Å². The van der Waals surface area contributed by atoms with Crippen LogP contribution in [0.3, 0.4) is 0 Å². The van der Waals surface area contributed by atoms with E-state index in [1.54, 1.807) is 24.3 Å². The molecule has 1 aromatic carbocycles. The van der Waals surface area contributed by atoms with Gasteiger partial charge in [-0.15, -0.1) is 0 Å². The summed E-state index contributed by atoms with van der Waals surface area (Å²) >= 11 is 5.74. The molecule has 104 valence electrons. The van der Waals surface area contributed by atoms with Gasteiger partial charge in [-0.1, -0.05) is 37.6 Å². The number of nitrogens with one attached hydrogen (secondary N) is 1. The first-order valence-electron chi connectivity index (χ1n) is 6.35. The van der Waals surface area contributed by atoms with Crippen LogP contribution in [0.1, 0.15) is 25.8 Å². The van der Waals surface area contributed by atoms with Crippen LogP contribution in [-0.4, -0.2) is 24.5 Å². The zero-order valence-corrected chi connectivity index (χ0v) is 11.9. The Morgan fingerprint density at radius 1 is 1.37 bits per heavy atom. The van der Waals surface area contributed by atoms with Gasteiger partial charge in [0, 0.05) is 11.4 Å². The van der Waals surface area contributed by atoms with Gasteiger partial charge in [-0.2, -0.15) is 0 Å². The van der Waals surface area contributed by atoms with Crippen molar-refractivity contribution in [2.45, 2.75) is 32.7 Å². The van der Waals surface area contributed by atoms with Gasteiger partial charge < -0.3 is 10.1 Å². The van der Waals surface area contributed by atoms with Crippen LogP contribution in [-0.2, 0) is 20.7 Å². The zero-order chi connectivity index (χ0) is 14.3. The van der Waals surface area contributed by atoms with Gasteiger partial charge in [0.1, 0.15) is 6.04 Å². The maximum Gasteiger partial charge on any atom is 0.328 e. The Bertz CT molecular complexity index is 431. The van der Waals surface area contributed by atoms with Gasteiger partial charge in [-0.3, -0.25) is 4.79 Å². The minimum atomic E-state index is -0.491. The Labute approximate surface area is 118 Å². The molecule has 0 radical (unpaired) electrons. The number of hydrogen-bond donors (Lipinski definition) is 1. The van der Waals surface area contributed by atoms with Crippen molar-refractivity contribution in [3.05, 3.63) is 34.9 Å². The minimum Gasteiger partial charge on any atom is -0.464 e. The molecule has 1 N–H and O–H groups in total. The molecule has 1 aromatic rings. The fraction of sp³-hybridized carbons (Fsp3) is 0.429. The van der Waals surface area contributed by atoms with Crippen LogP contribution < -0.4 is 5.32 Å². The summed E-state index contributed by atoms with van der Waals surface area (Å²) < 4.78 is 4.76. The van der Waals surface area contributed by atoms with Crippen LogP contribution in [0.25, 0.3) is 0 Å². The highest BCUT2D eigenvalue weighted by atomic mass is 35.5. The lowest BCUT2D eigenvalue weighted by atomic mass is 10.1. The number of carbonyl (C=O) groups is 2. The number of hydrogen-bond acceptors (Lipinski definition) is 3. The third-order valence-electron chi connectivity index (χ3n) is 2.55. The van der Waals surface area contributed by atoms with Gasteiger partial charge in [-0.25, -0.2) is 4.79 Å². The van der Waals surface area contributed by atoms with E-state index in [1.165, 1.54) is 0 Å². The molecule has 0 bridgehead atoms. The van der Waals surface area contributed by atoms with Crippen molar-refractivity contribution in [2.75, 3.05) is 6.61 Å². The van der Waals surface area contributed by atoms with E-state index in [-0.39, 0.29) is 18.3 Å². The lowest BCUT2D eigenvalue weighted by Crippen LogP contribution is -2.38. The van der Waals surface area contributed by atoms with Crippen molar-refractivity contribution in [2.24, 2.45) is 0 Å². The number of carbonyl (C=O) groups excluding carboxylic acids is 2. The highest BCUT2D eigenvalue weighted by molar-refractivity contribution is 6.30. The molecule has 1 aliphatic heterocycles. The molecule has 1 saturated heterocycles. The fourth-order valence-corrected chi connectivity index (χ4v) is 1.79. The molecule has 19 heavy (non-hydrogen) atoms. The second-order valence-corrected chi connectivity index (χ2v) is 4.32. The highest BCUT2D eigenvalue weighted by Crippen LogP contribution is 2.10. The summed E-state index contributed by atoms with van der Waals surface area (Å²) in [7, 11) is 0. The Morgan fingerprint density at radius 3 is 2.53 bits per heavy atom. The fourth-order valence-electron chi connectivity index (χ4n) is 1.66. The van der Waals surface area contributed by atoms with Crippen LogP contribution in [0, 0.1) is 0 Å². The second-order valence-electron chi connectivity index (χ2n) is 3.88. The lowest BCUT2D eigenvalue weighted by Gasteiger charge is -2.08. The molecule has 0 aliphatic carbocycles. The maximum absolute atomic E-state index is 11.6. The summed E-state index contributed by atoms with van der Waals surface area (Å²) in [5, 5.41) is 3.28. The lowest BCUT2D eigenvalue weighted by molar-refractivity contribution is -0.141. The van der Waals surface area contributed by atoms with E-state index in [1.807, 2.05) is 13.8 Å². The first-order valence-corrected chi connectivity index (χ1v) is 6.73. The Morgan fingerprint density at radius 2 is 2.00 bits per heavy atom. The van der Waals surface area contributed by atoms with Gasteiger partial charge in [0.15, 0.2) is 0 Å². The van der Waals surface area contributed by atoms with Gasteiger partial charge in [0.25, 0.3) is 0 Å². The molecule has 5 heteroatoms. The van der Waals surface area contributed by atoms with E-state index in [4.69, 9.17) is 16.3 Å². The molecule has 2 rings (SSSR count). The molecule has 0 aromatic heterocycles. The van der Waals surface area contributed by atoms with Crippen LogP contribution in [0.15, 0.2) is 24.3 Å². The molecular formula is C14H18ClNO3. The standard InChI is InChI=1S/C12H12ClNO3.C2H6/c13-9-3-1-8(2-4-9)7-11(15)14-10-5-6-17-12(10)16;1-2/h1-4,10H,5-7H2,(H,14,15);1-2H3. The monoisotopic (exact) mass is 283 g/mol. The number of amides is 1. The summed E-state index contributed by atoms with van der Waals surface area (Å²) in [5.41, 5.74) is 0.860. The number of cyclic esters (lactones) is 1. The van der Waals surface area contributed by atoms with Crippen LogP contribution >= 0.6 is 11.6 Å². The number of halogens is 1. The van der Waals surface area contributed by atoms with Gasteiger partial charge in [-0.05, 0) is 17.7 Å². The van der Waals surface area contributed by atoms with E-state index in [2.05, 4.69) is 5.32 Å². The van der Waals surface area contributed by atoms with Crippen molar-refractivity contribution < 1.29 is 14.3 Å². The van der Waals surface area contributed by atoms with Gasteiger partial charge >= 0.3 is 5.97 Å². The molecule has 1 unspecified atom stereocenters. The zero-order valence-electron chi connectivity index (χ0n) is 11.1. The van der Waals surface area contributed by atoms with E-state index >= 15 is 0 Å². The quantitative estimate of drug-likeness (QED) is 0.866. The second kappa shape index (κ2) is 7.79. The summed E-state index contributed by atoms with van der Waals surface area (Å²) in [5.74, 6) is -0.536.